The van der Waals surface area contributed by atoms with E-state index in [9.17, 15) is 5.11 Å². The SMILES string of the molecule is C[N+]1(CCO)[C@@H]2CC[C@@H]1CC(O)C2. The third kappa shape index (κ3) is 1.39. The van der Waals surface area contributed by atoms with Gasteiger partial charge in [-0.3, -0.25) is 0 Å². The summed E-state index contributed by atoms with van der Waals surface area (Å²) in [5, 5.41) is 18.7. The lowest BCUT2D eigenvalue weighted by atomic mass is 9.97. The van der Waals surface area contributed by atoms with Crippen LogP contribution in [0.15, 0.2) is 0 Å². The van der Waals surface area contributed by atoms with Gasteiger partial charge in [-0.05, 0) is 0 Å². The summed E-state index contributed by atoms with van der Waals surface area (Å²) >= 11 is 0. The Morgan fingerprint density at radius 1 is 1.23 bits per heavy atom. The molecule has 2 bridgehead atoms. The lowest BCUT2D eigenvalue weighted by molar-refractivity contribution is -0.949. The molecule has 2 fully saturated rings. The molecule has 2 aliphatic heterocycles. The van der Waals surface area contributed by atoms with Gasteiger partial charge in [0.05, 0.1) is 31.8 Å². The zero-order chi connectivity index (χ0) is 9.47. The summed E-state index contributed by atoms with van der Waals surface area (Å²) in [5.41, 5.74) is 0. The van der Waals surface area contributed by atoms with Crippen LogP contribution in [0.4, 0.5) is 0 Å². The van der Waals surface area contributed by atoms with Crippen LogP contribution in [0, 0.1) is 0 Å². The van der Waals surface area contributed by atoms with Gasteiger partial charge in [-0.15, -0.1) is 0 Å². The Morgan fingerprint density at radius 3 is 2.23 bits per heavy atom. The maximum Gasteiger partial charge on any atom is 0.102 e. The number of quaternary nitrogens is 1. The number of hydrogen-bond acceptors (Lipinski definition) is 2. The number of aliphatic hydroxyl groups excluding tert-OH is 2. The fraction of sp³-hybridized carbons (Fsp3) is 1.00. The molecule has 3 heteroatoms. The average molecular weight is 186 g/mol. The highest BCUT2D eigenvalue weighted by Gasteiger charge is 2.50. The van der Waals surface area contributed by atoms with Crippen LogP contribution in [-0.2, 0) is 0 Å². The predicted octanol–water partition coefficient (Wildman–Crippen LogP) is 0.111. The van der Waals surface area contributed by atoms with Gasteiger partial charge in [0.15, 0.2) is 0 Å². The molecule has 0 aromatic heterocycles. The highest BCUT2D eigenvalue weighted by Crippen LogP contribution is 2.40. The minimum absolute atomic E-state index is 0.0811. The lowest BCUT2D eigenvalue weighted by Gasteiger charge is -2.45. The summed E-state index contributed by atoms with van der Waals surface area (Å²) < 4.78 is 1.01. The van der Waals surface area contributed by atoms with Crippen molar-refractivity contribution in [3.8, 4) is 0 Å². The molecule has 0 unspecified atom stereocenters. The van der Waals surface area contributed by atoms with Crippen LogP contribution in [0.1, 0.15) is 25.7 Å². The minimum Gasteiger partial charge on any atom is -0.393 e. The molecule has 0 aliphatic carbocycles. The molecule has 2 saturated heterocycles. The first-order chi connectivity index (χ1) is 6.16. The lowest BCUT2D eigenvalue weighted by Crippen LogP contribution is -2.59. The van der Waals surface area contributed by atoms with E-state index in [1.165, 1.54) is 12.8 Å². The van der Waals surface area contributed by atoms with Crippen LogP contribution in [0.5, 0.6) is 0 Å². The molecule has 2 atom stereocenters. The van der Waals surface area contributed by atoms with Gasteiger partial charge < -0.3 is 14.7 Å². The van der Waals surface area contributed by atoms with Crippen molar-refractivity contribution >= 4 is 0 Å². The fourth-order valence-corrected chi connectivity index (χ4v) is 3.30. The maximum atomic E-state index is 9.62. The molecule has 2 aliphatic rings. The number of hydrogen-bond donors (Lipinski definition) is 2. The van der Waals surface area contributed by atoms with Crippen LogP contribution in [0.25, 0.3) is 0 Å². The highest BCUT2D eigenvalue weighted by molar-refractivity contribution is 4.85. The Kier molecular flexibility index (Phi) is 2.34. The quantitative estimate of drug-likeness (QED) is 0.601. The summed E-state index contributed by atoms with van der Waals surface area (Å²) in [5.74, 6) is 0. The number of rotatable bonds is 2. The molecule has 0 radical (unpaired) electrons. The summed E-state index contributed by atoms with van der Waals surface area (Å²) in [6, 6.07) is 1.20. The van der Waals surface area contributed by atoms with Gasteiger partial charge in [0.1, 0.15) is 6.54 Å². The Labute approximate surface area is 79.6 Å². The van der Waals surface area contributed by atoms with Crippen LogP contribution in [-0.4, -0.2) is 53.1 Å². The van der Waals surface area contributed by atoms with E-state index in [0.717, 1.165) is 23.9 Å². The van der Waals surface area contributed by atoms with E-state index in [1.807, 2.05) is 0 Å². The summed E-state index contributed by atoms with van der Waals surface area (Å²) in [7, 11) is 2.24. The Hall–Kier alpha value is -0.120. The predicted molar refractivity (Wildman–Crippen MR) is 50.2 cm³/mol. The molecule has 76 valence electrons. The van der Waals surface area contributed by atoms with Crippen molar-refractivity contribution in [2.24, 2.45) is 0 Å². The van der Waals surface area contributed by atoms with E-state index in [4.69, 9.17) is 5.11 Å². The topological polar surface area (TPSA) is 40.5 Å². The van der Waals surface area contributed by atoms with Gasteiger partial charge in [0.2, 0.25) is 0 Å². The number of likely N-dealkylation sites (N-methyl/N-ethyl adjacent to an activating group) is 1. The molecule has 0 aromatic carbocycles. The molecule has 0 saturated carbocycles. The molecule has 2 rings (SSSR count). The number of aliphatic hydroxyl groups is 2. The van der Waals surface area contributed by atoms with Gasteiger partial charge >= 0.3 is 0 Å². The first kappa shape index (κ1) is 9.44. The molecule has 0 amide bonds. The van der Waals surface area contributed by atoms with Gasteiger partial charge in [-0.1, -0.05) is 0 Å². The number of nitrogens with zero attached hydrogens (tertiary/aromatic N) is 1. The van der Waals surface area contributed by atoms with E-state index in [1.54, 1.807) is 0 Å². The van der Waals surface area contributed by atoms with Crippen molar-refractivity contribution in [3.63, 3.8) is 0 Å². The van der Waals surface area contributed by atoms with Gasteiger partial charge in [0, 0.05) is 25.7 Å². The Balaban J connectivity index is 2.13. The standard InChI is InChI=1S/C10H20NO2/c1-11(4-5-12)8-2-3-9(11)7-10(13)6-8/h8-10,12-13H,2-7H2,1H3/q+1/t8-,9-,10?,11?/m1/s1. The first-order valence-electron chi connectivity index (χ1n) is 5.30. The molecule has 2 N–H and O–H groups in total. The van der Waals surface area contributed by atoms with Crippen LogP contribution < -0.4 is 0 Å². The molecule has 3 nitrogen and oxygen atoms in total. The largest absolute Gasteiger partial charge is 0.393 e. The normalized spacial score (nSPS) is 49.6. The monoisotopic (exact) mass is 186 g/mol. The van der Waals surface area contributed by atoms with Crippen LogP contribution in [0.3, 0.4) is 0 Å². The van der Waals surface area contributed by atoms with E-state index in [0.29, 0.717) is 12.1 Å². The number of fused-ring (bicyclic) bond motifs is 2. The molecule has 13 heavy (non-hydrogen) atoms. The third-order valence-corrected chi connectivity index (χ3v) is 4.17. The van der Waals surface area contributed by atoms with Gasteiger partial charge in [-0.25, -0.2) is 0 Å². The summed E-state index contributed by atoms with van der Waals surface area (Å²) in [6.07, 6.45) is 4.26. The first-order valence-corrected chi connectivity index (χ1v) is 5.30. The smallest absolute Gasteiger partial charge is 0.102 e. The number of piperidine rings is 1. The maximum absolute atomic E-state index is 9.62. The molecule has 0 spiro atoms. The van der Waals surface area contributed by atoms with E-state index >= 15 is 0 Å². The second kappa shape index (κ2) is 3.23. The average Bonchev–Trinajstić information content (AvgIpc) is 2.31. The van der Waals surface area contributed by atoms with Gasteiger partial charge in [0.25, 0.3) is 0 Å². The van der Waals surface area contributed by atoms with Crippen molar-refractivity contribution in [3.05, 3.63) is 0 Å². The molecule has 2 heterocycles. The zero-order valence-electron chi connectivity index (χ0n) is 8.32. The van der Waals surface area contributed by atoms with Crippen molar-refractivity contribution in [1.82, 2.24) is 0 Å². The van der Waals surface area contributed by atoms with Crippen molar-refractivity contribution < 1.29 is 14.7 Å². The molecular formula is C10H20NO2+. The fourth-order valence-electron chi connectivity index (χ4n) is 3.30. The van der Waals surface area contributed by atoms with E-state index in [-0.39, 0.29) is 12.7 Å². The van der Waals surface area contributed by atoms with E-state index in [2.05, 4.69) is 7.05 Å². The van der Waals surface area contributed by atoms with E-state index < -0.39 is 0 Å². The minimum atomic E-state index is -0.0811. The van der Waals surface area contributed by atoms with Crippen LogP contribution >= 0.6 is 0 Å². The van der Waals surface area contributed by atoms with Gasteiger partial charge in [-0.2, -0.15) is 0 Å². The second-order valence-corrected chi connectivity index (χ2v) is 4.80. The molecular weight excluding hydrogens is 166 g/mol. The molecule has 0 aromatic rings. The van der Waals surface area contributed by atoms with Crippen molar-refractivity contribution in [2.45, 2.75) is 43.9 Å². The Morgan fingerprint density at radius 2 is 1.77 bits per heavy atom. The highest BCUT2D eigenvalue weighted by atomic mass is 16.3. The van der Waals surface area contributed by atoms with Crippen LogP contribution in [0.2, 0.25) is 0 Å². The van der Waals surface area contributed by atoms with Crippen molar-refractivity contribution in [1.29, 1.82) is 0 Å². The Bertz CT molecular complexity index is 181. The summed E-state index contributed by atoms with van der Waals surface area (Å²) in [6.45, 7) is 1.14. The third-order valence-electron chi connectivity index (χ3n) is 4.17. The summed E-state index contributed by atoms with van der Waals surface area (Å²) in [4.78, 5) is 0. The zero-order valence-corrected chi connectivity index (χ0v) is 8.32. The van der Waals surface area contributed by atoms with Crippen molar-refractivity contribution in [2.75, 3.05) is 20.2 Å². The second-order valence-electron chi connectivity index (χ2n) is 4.80.